The van der Waals surface area contributed by atoms with Crippen LogP contribution in [0.2, 0.25) is 0 Å². The largest absolute Gasteiger partial charge is 0.369 e. The molecule has 2 atom stereocenters. The summed E-state index contributed by atoms with van der Waals surface area (Å²) in [4.78, 5) is 14.7. The Balaban J connectivity index is 1.53. The van der Waals surface area contributed by atoms with E-state index in [9.17, 15) is 4.79 Å². The molecule has 4 nitrogen and oxygen atoms in total. The minimum absolute atomic E-state index is 0.0336. The number of benzene rings is 2. The second-order valence-electron chi connectivity index (χ2n) is 6.41. The van der Waals surface area contributed by atoms with Crippen LogP contribution < -0.4 is 16.0 Å². The second-order valence-corrected chi connectivity index (χ2v) is 6.41. The van der Waals surface area contributed by atoms with Crippen molar-refractivity contribution in [3.8, 4) is 0 Å². The van der Waals surface area contributed by atoms with Gasteiger partial charge in [0.25, 0.3) is 0 Å². The first kappa shape index (κ1) is 16.5. The van der Waals surface area contributed by atoms with E-state index < -0.39 is 0 Å². The summed E-state index contributed by atoms with van der Waals surface area (Å²) in [6.07, 6.45) is 2.44. The second kappa shape index (κ2) is 7.97. The fraction of sp³-hybridized carbons (Fsp3) is 0.350. The number of hydrogen-bond donors (Lipinski definition) is 2. The summed E-state index contributed by atoms with van der Waals surface area (Å²) in [7, 11) is 0. The summed E-state index contributed by atoms with van der Waals surface area (Å²) in [6, 6.07) is 20.1. The molecule has 126 valence electrons. The molecule has 3 N–H and O–H groups in total. The number of nitrogens with one attached hydrogen (secondary N) is 1. The summed E-state index contributed by atoms with van der Waals surface area (Å²) >= 11 is 0. The van der Waals surface area contributed by atoms with Crippen molar-refractivity contribution in [2.24, 2.45) is 5.73 Å². The third-order valence-corrected chi connectivity index (χ3v) is 4.54. The molecule has 1 saturated heterocycles. The molecule has 0 spiro atoms. The van der Waals surface area contributed by atoms with Crippen LogP contribution in [0, 0.1) is 0 Å². The molecule has 1 amide bonds. The Hall–Kier alpha value is -2.33. The van der Waals surface area contributed by atoms with Crippen molar-refractivity contribution in [2.45, 2.75) is 31.3 Å². The summed E-state index contributed by atoms with van der Waals surface area (Å²) < 4.78 is 0. The summed E-state index contributed by atoms with van der Waals surface area (Å²) in [5.74, 6) is 0.0336. The van der Waals surface area contributed by atoms with Crippen molar-refractivity contribution in [3.63, 3.8) is 0 Å². The highest BCUT2D eigenvalue weighted by atomic mass is 16.1. The Bertz CT molecular complexity index is 644. The summed E-state index contributed by atoms with van der Waals surface area (Å²) in [5, 5.41) is 3.16. The molecule has 3 rings (SSSR count). The van der Waals surface area contributed by atoms with Crippen LogP contribution in [0.1, 0.15) is 30.9 Å². The van der Waals surface area contributed by atoms with E-state index in [-0.39, 0.29) is 18.0 Å². The number of para-hydroxylation sites is 1. The van der Waals surface area contributed by atoms with Gasteiger partial charge in [-0.3, -0.25) is 4.79 Å². The van der Waals surface area contributed by atoms with Gasteiger partial charge in [0.15, 0.2) is 0 Å². The average molecular weight is 323 g/mol. The number of anilines is 1. The molecular weight excluding hydrogens is 298 g/mol. The number of carbonyl (C=O) groups excluding carboxylic acids is 1. The van der Waals surface area contributed by atoms with Crippen LogP contribution in [0.5, 0.6) is 0 Å². The van der Waals surface area contributed by atoms with E-state index in [1.807, 2.05) is 36.4 Å². The first-order chi connectivity index (χ1) is 11.7. The molecule has 1 fully saturated rings. The Labute approximate surface area is 143 Å². The van der Waals surface area contributed by atoms with Gasteiger partial charge >= 0.3 is 0 Å². The molecule has 0 bridgehead atoms. The number of hydrogen-bond acceptors (Lipinski definition) is 3. The number of amides is 1. The zero-order valence-electron chi connectivity index (χ0n) is 13.9. The predicted octanol–water partition coefficient (Wildman–Crippen LogP) is 2.86. The molecule has 0 saturated carbocycles. The molecule has 4 heteroatoms. The summed E-state index contributed by atoms with van der Waals surface area (Å²) in [5.41, 5.74) is 8.37. The van der Waals surface area contributed by atoms with E-state index >= 15 is 0 Å². The number of piperidine rings is 1. The van der Waals surface area contributed by atoms with Gasteiger partial charge < -0.3 is 16.0 Å². The Morgan fingerprint density at radius 2 is 1.79 bits per heavy atom. The van der Waals surface area contributed by atoms with Crippen LogP contribution in [0.25, 0.3) is 0 Å². The zero-order valence-corrected chi connectivity index (χ0v) is 13.9. The summed E-state index contributed by atoms with van der Waals surface area (Å²) in [6.45, 7) is 1.90. The van der Waals surface area contributed by atoms with Gasteiger partial charge in [-0.15, -0.1) is 0 Å². The topological polar surface area (TPSA) is 58.4 Å². The van der Waals surface area contributed by atoms with Gasteiger partial charge in [-0.2, -0.15) is 0 Å². The van der Waals surface area contributed by atoms with Crippen LogP contribution >= 0.6 is 0 Å². The van der Waals surface area contributed by atoms with E-state index in [2.05, 4.69) is 34.5 Å². The lowest BCUT2D eigenvalue weighted by molar-refractivity contribution is -0.122. The lowest BCUT2D eigenvalue weighted by atomic mass is 10.0. The van der Waals surface area contributed by atoms with E-state index in [1.54, 1.807) is 0 Å². The molecular formula is C20H25N3O. The molecule has 0 radical (unpaired) electrons. The zero-order chi connectivity index (χ0) is 16.8. The van der Waals surface area contributed by atoms with Gasteiger partial charge in [-0.25, -0.2) is 0 Å². The number of rotatable bonds is 5. The Kier molecular flexibility index (Phi) is 5.49. The fourth-order valence-electron chi connectivity index (χ4n) is 3.27. The van der Waals surface area contributed by atoms with E-state index in [4.69, 9.17) is 5.73 Å². The highest BCUT2D eigenvalue weighted by Crippen LogP contribution is 2.20. The molecule has 0 aliphatic carbocycles. The lowest BCUT2D eigenvalue weighted by Crippen LogP contribution is -2.48. The molecule has 1 heterocycles. The predicted molar refractivity (Wildman–Crippen MR) is 97.8 cm³/mol. The standard InChI is InChI=1S/C20H25N3O/c21-19(16-8-3-1-4-9-16)14-20(24)22-17-10-7-13-23(15-17)18-11-5-2-6-12-18/h1-6,8-9,11-12,17,19H,7,10,13-15,21H2,(H,22,24). The van der Waals surface area contributed by atoms with Crippen molar-refractivity contribution >= 4 is 11.6 Å². The highest BCUT2D eigenvalue weighted by molar-refractivity contribution is 5.77. The number of carbonyl (C=O) groups is 1. The Morgan fingerprint density at radius 1 is 1.12 bits per heavy atom. The van der Waals surface area contributed by atoms with Crippen LogP contribution in [0.15, 0.2) is 60.7 Å². The molecule has 0 aromatic heterocycles. The molecule has 2 unspecified atom stereocenters. The normalized spacial score (nSPS) is 18.9. The monoisotopic (exact) mass is 323 g/mol. The minimum atomic E-state index is -0.250. The Morgan fingerprint density at radius 3 is 2.50 bits per heavy atom. The van der Waals surface area contributed by atoms with Gasteiger partial charge in [0, 0.05) is 37.3 Å². The number of nitrogens with two attached hydrogens (primary N) is 1. The van der Waals surface area contributed by atoms with E-state index in [1.165, 1.54) is 5.69 Å². The van der Waals surface area contributed by atoms with Gasteiger partial charge in [0.2, 0.25) is 5.91 Å². The average Bonchev–Trinajstić information content (AvgIpc) is 2.63. The van der Waals surface area contributed by atoms with Gasteiger partial charge in [0.1, 0.15) is 0 Å². The number of nitrogens with zero attached hydrogens (tertiary/aromatic N) is 1. The maximum Gasteiger partial charge on any atom is 0.222 e. The minimum Gasteiger partial charge on any atom is -0.369 e. The van der Waals surface area contributed by atoms with Crippen LogP contribution in [-0.2, 0) is 4.79 Å². The van der Waals surface area contributed by atoms with Gasteiger partial charge in [0.05, 0.1) is 0 Å². The molecule has 24 heavy (non-hydrogen) atoms. The van der Waals surface area contributed by atoms with Crippen LogP contribution in [-0.4, -0.2) is 25.0 Å². The van der Waals surface area contributed by atoms with Crippen molar-refractivity contribution in [3.05, 3.63) is 66.2 Å². The van der Waals surface area contributed by atoms with Crippen LogP contribution in [0.4, 0.5) is 5.69 Å². The van der Waals surface area contributed by atoms with Crippen molar-refractivity contribution in [1.29, 1.82) is 0 Å². The lowest BCUT2D eigenvalue weighted by Gasteiger charge is -2.35. The van der Waals surface area contributed by atoms with Gasteiger partial charge in [-0.05, 0) is 30.5 Å². The maximum atomic E-state index is 12.3. The van der Waals surface area contributed by atoms with Gasteiger partial charge in [-0.1, -0.05) is 48.5 Å². The smallest absolute Gasteiger partial charge is 0.222 e. The first-order valence-electron chi connectivity index (χ1n) is 8.62. The van der Waals surface area contributed by atoms with Crippen molar-refractivity contribution in [2.75, 3.05) is 18.0 Å². The highest BCUT2D eigenvalue weighted by Gasteiger charge is 2.22. The molecule has 2 aromatic carbocycles. The SMILES string of the molecule is NC(CC(=O)NC1CCCN(c2ccccc2)C1)c1ccccc1. The van der Waals surface area contributed by atoms with E-state index in [0.717, 1.165) is 31.5 Å². The molecule has 1 aliphatic rings. The first-order valence-corrected chi connectivity index (χ1v) is 8.62. The van der Waals surface area contributed by atoms with E-state index in [0.29, 0.717) is 6.42 Å². The molecule has 2 aromatic rings. The van der Waals surface area contributed by atoms with Crippen molar-refractivity contribution in [1.82, 2.24) is 5.32 Å². The van der Waals surface area contributed by atoms with Crippen LogP contribution in [0.3, 0.4) is 0 Å². The molecule has 1 aliphatic heterocycles. The third-order valence-electron chi connectivity index (χ3n) is 4.54. The maximum absolute atomic E-state index is 12.3. The van der Waals surface area contributed by atoms with Crippen molar-refractivity contribution < 1.29 is 4.79 Å². The third kappa shape index (κ3) is 4.36. The fourth-order valence-corrected chi connectivity index (χ4v) is 3.27. The quantitative estimate of drug-likeness (QED) is 0.889.